The second-order valence-corrected chi connectivity index (χ2v) is 5.48. The van der Waals surface area contributed by atoms with Crippen LogP contribution in [-0.2, 0) is 9.53 Å². The number of piperidine rings is 1. The summed E-state index contributed by atoms with van der Waals surface area (Å²) in [4.78, 5) is 12.6. The van der Waals surface area contributed by atoms with E-state index >= 15 is 0 Å². The third-order valence-corrected chi connectivity index (χ3v) is 4.04. The highest BCUT2D eigenvalue weighted by Gasteiger charge is 2.35. The van der Waals surface area contributed by atoms with Crippen molar-refractivity contribution in [1.82, 2.24) is 5.32 Å². The lowest BCUT2D eigenvalue weighted by molar-refractivity contribution is -0.120. The Bertz CT molecular complexity index is 471. The molecule has 1 aromatic carbocycles. The summed E-state index contributed by atoms with van der Waals surface area (Å²) >= 11 is 0. The Hall–Kier alpha value is -1.45. The summed E-state index contributed by atoms with van der Waals surface area (Å²) in [6, 6.07) is 10.4. The summed E-state index contributed by atoms with van der Waals surface area (Å²) in [5.74, 6) is 0.289. The van der Waals surface area contributed by atoms with E-state index in [1.165, 1.54) is 0 Å². The Balaban J connectivity index is 1.72. The van der Waals surface area contributed by atoms with Gasteiger partial charge < -0.3 is 10.1 Å². The highest BCUT2D eigenvalue weighted by molar-refractivity contribution is 6.21. The normalized spacial score (nSPS) is 29.8. The number of hydrogen-bond donors (Lipinski definition) is 1. The first-order chi connectivity index (χ1) is 9.24. The number of morpholine rings is 1. The molecular formula is C16H19NO2. The van der Waals surface area contributed by atoms with Crippen molar-refractivity contribution >= 4 is 11.4 Å². The number of rotatable bonds is 3. The average molecular weight is 257 g/mol. The van der Waals surface area contributed by atoms with Crippen LogP contribution in [0.2, 0.25) is 0 Å². The van der Waals surface area contributed by atoms with Crippen LogP contribution in [0.25, 0.3) is 5.57 Å². The maximum atomic E-state index is 12.6. The zero-order valence-corrected chi connectivity index (χ0v) is 11.0. The molecule has 19 heavy (non-hydrogen) atoms. The van der Waals surface area contributed by atoms with Crippen molar-refractivity contribution < 1.29 is 9.53 Å². The topological polar surface area (TPSA) is 38.3 Å². The van der Waals surface area contributed by atoms with Gasteiger partial charge in [-0.1, -0.05) is 36.9 Å². The van der Waals surface area contributed by atoms with E-state index in [0.717, 1.165) is 31.6 Å². The van der Waals surface area contributed by atoms with Crippen molar-refractivity contribution in [1.29, 1.82) is 0 Å². The molecule has 2 aliphatic heterocycles. The zero-order chi connectivity index (χ0) is 13.2. The fourth-order valence-corrected chi connectivity index (χ4v) is 3.08. The van der Waals surface area contributed by atoms with Gasteiger partial charge in [0, 0.05) is 23.6 Å². The number of Topliss-reactive ketones (excluding diaryl/α,β-unsaturated/α-hetero) is 1. The summed E-state index contributed by atoms with van der Waals surface area (Å²) in [6.45, 7) is 5.43. The molecule has 0 amide bonds. The van der Waals surface area contributed by atoms with Crippen LogP contribution in [0.4, 0.5) is 0 Å². The minimum atomic E-state index is 0.0906. The molecule has 2 atom stereocenters. The van der Waals surface area contributed by atoms with E-state index in [0.29, 0.717) is 17.7 Å². The molecule has 100 valence electrons. The average Bonchev–Trinajstić information content (AvgIpc) is 2.46. The predicted octanol–water partition coefficient (Wildman–Crippen LogP) is 2.04. The van der Waals surface area contributed by atoms with Gasteiger partial charge in [0.2, 0.25) is 0 Å². The van der Waals surface area contributed by atoms with E-state index in [2.05, 4.69) is 11.9 Å². The van der Waals surface area contributed by atoms with Gasteiger partial charge in [-0.2, -0.15) is 0 Å². The van der Waals surface area contributed by atoms with Crippen LogP contribution >= 0.6 is 0 Å². The van der Waals surface area contributed by atoms with Crippen molar-refractivity contribution in [2.45, 2.75) is 24.9 Å². The van der Waals surface area contributed by atoms with Crippen LogP contribution in [-0.4, -0.2) is 31.1 Å². The van der Waals surface area contributed by atoms with Crippen molar-refractivity contribution in [2.24, 2.45) is 5.92 Å². The van der Waals surface area contributed by atoms with Crippen LogP contribution in [0.3, 0.4) is 0 Å². The molecular weight excluding hydrogens is 238 g/mol. The summed E-state index contributed by atoms with van der Waals surface area (Å²) < 4.78 is 5.51. The molecule has 2 fully saturated rings. The SMILES string of the molecule is C=C(C(=O)C1CC2COCC(C1)N2)c1ccccc1. The Morgan fingerprint density at radius 2 is 1.79 bits per heavy atom. The third-order valence-electron chi connectivity index (χ3n) is 4.04. The van der Waals surface area contributed by atoms with Crippen LogP contribution in [0.1, 0.15) is 18.4 Å². The number of hydrogen-bond acceptors (Lipinski definition) is 3. The monoisotopic (exact) mass is 257 g/mol. The fraction of sp³-hybridized carbons (Fsp3) is 0.438. The van der Waals surface area contributed by atoms with Crippen molar-refractivity contribution in [3.05, 3.63) is 42.5 Å². The van der Waals surface area contributed by atoms with Gasteiger partial charge in [0.15, 0.2) is 5.78 Å². The minimum absolute atomic E-state index is 0.0906. The maximum absolute atomic E-state index is 12.6. The number of nitrogens with one attached hydrogen (secondary N) is 1. The quantitative estimate of drug-likeness (QED) is 0.842. The van der Waals surface area contributed by atoms with Crippen LogP contribution < -0.4 is 5.32 Å². The van der Waals surface area contributed by atoms with Gasteiger partial charge in [-0.25, -0.2) is 0 Å². The molecule has 3 rings (SSSR count). The molecule has 3 heteroatoms. The number of benzene rings is 1. The first-order valence-corrected chi connectivity index (χ1v) is 6.86. The molecule has 3 nitrogen and oxygen atoms in total. The van der Waals surface area contributed by atoms with Crippen molar-refractivity contribution in [3.63, 3.8) is 0 Å². The molecule has 2 bridgehead atoms. The third kappa shape index (κ3) is 2.62. The van der Waals surface area contributed by atoms with E-state index in [1.54, 1.807) is 0 Å². The molecule has 1 aromatic rings. The van der Waals surface area contributed by atoms with Gasteiger partial charge in [0.25, 0.3) is 0 Å². The minimum Gasteiger partial charge on any atom is -0.378 e. The summed E-state index contributed by atoms with van der Waals surface area (Å²) in [7, 11) is 0. The molecule has 2 unspecified atom stereocenters. The molecule has 2 aliphatic rings. The van der Waals surface area contributed by atoms with Crippen LogP contribution in [0.5, 0.6) is 0 Å². The summed E-state index contributed by atoms with van der Waals surface area (Å²) in [6.07, 6.45) is 1.72. The zero-order valence-electron chi connectivity index (χ0n) is 11.0. The number of ether oxygens (including phenoxy) is 1. The molecule has 0 aliphatic carbocycles. The number of carbonyl (C=O) groups excluding carboxylic acids is 1. The molecule has 2 heterocycles. The molecule has 1 N–H and O–H groups in total. The van der Waals surface area contributed by atoms with Gasteiger partial charge in [0.05, 0.1) is 13.2 Å². The second-order valence-electron chi connectivity index (χ2n) is 5.48. The number of allylic oxidation sites excluding steroid dienone is 1. The fourth-order valence-electron chi connectivity index (χ4n) is 3.08. The lowest BCUT2D eigenvalue weighted by Gasteiger charge is -2.39. The molecule has 0 saturated carbocycles. The Morgan fingerprint density at radius 3 is 2.42 bits per heavy atom. The predicted molar refractivity (Wildman–Crippen MR) is 74.7 cm³/mol. The number of ketones is 1. The number of fused-ring (bicyclic) bond motifs is 2. The summed E-state index contributed by atoms with van der Waals surface area (Å²) in [5.41, 5.74) is 1.58. The smallest absolute Gasteiger partial charge is 0.166 e. The summed E-state index contributed by atoms with van der Waals surface area (Å²) in [5, 5.41) is 3.51. The van der Waals surface area contributed by atoms with Gasteiger partial charge in [-0.15, -0.1) is 0 Å². The second kappa shape index (κ2) is 5.27. The molecule has 0 radical (unpaired) electrons. The lowest BCUT2D eigenvalue weighted by Crippen LogP contribution is -2.55. The Labute approximate surface area is 113 Å². The highest BCUT2D eigenvalue weighted by Crippen LogP contribution is 2.29. The standard InChI is InChI=1S/C16H19NO2/c1-11(12-5-3-2-4-6-12)16(18)13-7-14-9-19-10-15(8-13)17-14/h2-6,13-15,17H,1,7-10H2. The van der Waals surface area contributed by atoms with Gasteiger partial charge >= 0.3 is 0 Å². The van der Waals surface area contributed by atoms with Crippen LogP contribution in [0, 0.1) is 5.92 Å². The molecule has 0 spiro atoms. The van der Waals surface area contributed by atoms with Gasteiger partial charge in [-0.05, 0) is 18.4 Å². The van der Waals surface area contributed by atoms with E-state index in [4.69, 9.17) is 4.74 Å². The number of carbonyl (C=O) groups is 1. The van der Waals surface area contributed by atoms with E-state index in [1.807, 2.05) is 30.3 Å². The van der Waals surface area contributed by atoms with Crippen molar-refractivity contribution in [3.8, 4) is 0 Å². The lowest BCUT2D eigenvalue weighted by atomic mass is 9.81. The first kappa shape index (κ1) is 12.6. The van der Waals surface area contributed by atoms with Gasteiger partial charge in [-0.3, -0.25) is 4.79 Å². The highest BCUT2D eigenvalue weighted by atomic mass is 16.5. The van der Waals surface area contributed by atoms with E-state index < -0.39 is 0 Å². The first-order valence-electron chi connectivity index (χ1n) is 6.86. The van der Waals surface area contributed by atoms with Crippen molar-refractivity contribution in [2.75, 3.05) is 13.2 Å². The Morgan fingerprint density at radius 1 is 1.16 bits per heavy atom. The molecule has 0 aromatic heterocycles. The largest absolute Gasteiger partial charge is 0.378 e. The maximum Gasteiger partial charge on any atom is 0.166 e. The van der Waals surface area contributed by atoms with E-state index in [-0.39, 0.29) is 11.7 Å². The molecule has 2 saturated heterocycles. The van der Waals surface area contributed by atoms with Crippen LogP contribution in [0.15, 0.2) is 36.9 Å². The van der Waals surface area contributed by atoms with E-state index in [9.17, 15) is 4.79 Å². The Kier molecular flexibility index (Phi) is 3.49. The van der Waals surface area contributed by atoms with Gasteiger partial charge in [0.1, 0.15) is 0 Å².